The van der Waals surface area contributed by atoms with Crippen LogP contribution in [0.15, 0.2) is 53.1 Å². The summed E-state index contributed by atoms with van der Waals surface area (Å²) in [5, 5.41) is 6.85. The molecule has 7 nitrogen and oxygen atoms in total. The Hall–Kier alpha value is -3.19. The number of nitrogens with one attached hydrogen (secondary N) is 1. The summed E-state index contributed by atoms with van der Waals surface area (Å²) in [6.07, 6.45) is 0.541. The van der Waals surface area contributed by atoms with Gasteiger partial charge in [0.05, 0.1) is 19.6 Å². The van der Waals surface area contributed by atoms with E-state index in [9.17, 15) is 4.79 Å². The molecule has 28 heavy (non-hydrogen) atoms. The maximum absolute atomic E-state index is 11.1. The lowest BCUT2D eigenvalue weighted by Crippen LogP contribution is -2.36. The minimum Gasteiger partial charge on any atom is -0.378 e. The molecule has 0 bridgehead atoms. The zero-order valence-corrected chi connectivity index (χ0v) is 15.7. The Bertz CT molecular complexity index is 929. The number of amides is 1. The van der Waals surface area contributed by atoms with Crippen LogP contribution in [0.4, 0.5) is 11.4 Å². The molecule has 0 atom stereocenters. The van der Waals surface area contributed by atoms with Gasteiger partial charge < -0.3 is 19.5 Å². The molecule has 0 unspecified atom stereocenters. The van der Waals surface area contributed by atoms with Crippen LogP contribution in [0.2, 0.25) is 0 Å². The predicted molar refractivity (Wildman–Crippen MR) is 106 cm³/mol. The zero-order valence-electron chi connectivity index (χ0n) is 15.7. The number of ether oxygens (including phenoxy) is 1. The summed E-state index contributed by atoms with van der Waals surface area (Å²) in [5.74, 6) is 1.05. The number of carbonyl (C=O) groups excluding carboxylic acids is 1. The van der Waals surface area contributed by atoms with Gasteiger partial charge in [-0.3, -0.25) is 4.79 Å². The molecule has 0 spiro atoms. The summed E-state index contributed by atoms with van der Waals surface area (Å²) in [7, 11) is 0. The Morgan fingerprint density at radius 1 is 1.07 bits per heavy atom. The minimum atomic E-state index is -0.0890. The van der Waals surface area contributed by atoms with Gasteiger partial charge in [-0.2, -0.15) is 4.98 Å². The van der Waals surface area contributed by atoms with Crippen LogP contribution < -0.4 is 10.2 Å². The van der Waals surface area contributed by atoms with Gasteiger partial charge in [-0.1, -0.05) is 17.3 Å². The van der Waals surface area contributed by atoms with Gasteiger partial charge in [-0.05, 0) is 42.0 Å². The van der Waals surface area contributed by atoms with E-state index in [0.717, 1.165) is 43.1 Å². The molecule has 7 heteroatoms. The van der Waals surface area contributed by atoms with Crippen LogP contribution in [0.25, 0.3) is 11.4 Å². The topological polar surface area (TPSA) is 80.5 Å². The molecule has 4 rings (SSSR count). The number of benzene rings is 2. The standard InChI is InChI=1S/C21H22N4O3/c1-15(26)22-18-6-2-16(3-7-18)14-20-23-21(24-28-20)17-4-8-19(9-5-17)25-10-12-27-13-11-25/h2-9H,10-14H2,1H3,(H,22,26). The van der Waals surface area contributed by atoms with Crippen LogP contribution in [0.3, 0.4) is 0 Å². The molecule has 0 radical (unpaired) electrons. The van der Waals surface area contributed by atoms with Crippen LogP contribution >= 0.6 is 0 Å². The number of carbonyl (C=O) groups is 1. The highest BCUT2D eigenvalue weighted by Crippen LogP contribution is 2.22. The molecule has 0 aliphatic carbocycles. The molecule has 0 saturated carbocycles. The van der Waals surface area contributed by atoms with E-state index in [-0.39, 0.29) is 5.91 Å². The van der Waals surface area contributed by atoms with Crippen LogP contribution in [-0.4, -0.2) is 42.4 Å². The van der Waals surface area contributed by atoms with E-state index in [1.54, 1.807) is 0 Å². The first kappa shape index (κ1) is 18.2. The summed E-state index contributed by atoms with van der Waals surface area (Å²) >= 11 is 0. The fourth-order valence-corrected chi connectivity index (χ4v) is 3.17. The van der Waals surface area contributed by atoms with Crippen molar-refractivity contribution in [1.29, 1.82) is 0 Å². The summed E-state index contributed by atoms with van der Waals surface area (Å²) < 4.78 is 10.8. The normalized spacial score (nSPS) is 14.1. The van der Waals surface area contributed by atoms with Crippen molar-refractivity contribution in [2.75, 3.05) is 36.5 Å². The van der Waals surface area contributed by atoms with Gasteiger partial charge in [0.2, 0.25) is 17.6 Å². The van der Waals surface area contributed by atoms with Crippen LogP contribution in [0.1, 0.15) is 18.4 Å². The maximum atomic E-state index is 11.1. The largest absolute Gasteiger partial charge is 0.378 e. The van der Waals surface area contributed by atoms with Gasteiger partial charge in [0.15, 0.2) is 0 Å². The van der Waals surface area contributed by atoms with E-state index in [1.165, 1.54) is 12.6 Å². The van der Waals surface area contributed by atoms with E-state index in [4.69, 9.17) is 9.26 Å². The number of nitrogens with zero attached hydrogens (tertiary/aromatic N) is 3. The lowest BCUT2D eigenvalue weighted by molar-refractivity contribution is -0.114. The minimum absolute atomic E-state index is 0.0890. The van der Waals surface area contributed by atoms with E-state index in [2.05, 4.69) is 32.5 Å². The van der Waals surface area contributed by atoms with Crippen molar-refractivity contribution in [1.82, 2.24) is 10.1 Å². The predicted octanol–water partition coefficient (Wildman–Crippen LogP) is 3.12. The molecule has 2 heterocycles. The van der Waals surface area contributed by atoms with Crippen molar-refractivity contribution in [2.45, 2.75) is 13.3 Å². The highest BCUT2D eigenvalue weighted by molar-refractivity contribution is 5.88. The highest BCUT2D eigenvalue weighted by Gasteiger charge is 2.13. The maximum Gasteiger partial charge on any atom is 0.231 e. The fourth-order valence-electron chi connectivity index (χ4n) is 3.17. The molecule has 2 aromatic carbocycles. The average molecular weight is 378 g/mol. The van der Waals surface area contributed by atoms with Crippen LogP contribution in [-0.2, 0) is 16.0 Å². The lowest BCUT2D eigenvalue weighted by Gasteiger charge is -2.28. The summed E-state index contributed by atoms with van der Waals surface area (Å²) in [6.45, 7) is 4.84. The van der Waals surface area contributed by atoms with Crippen molar-refractivity contribution in [3.8, 4) is 11.4 Å². The van der Waals surface area contributed by atoms with Gasteiger partial charge in [-0.25, -0.2) is 0 Å². The van der Waals surface area contributed by atoms with E-state index in [0.29, 0.717) is 18.1 Å². The molecule has 1 saturated heterocycles. The monoisotopic (exact) mass is 378 g/mol. The number of hydrogen-bond donors (Lipinski definition) is 1. The quantitative estimate of drug-likeness (QED) is 0.735. The van der Waals surface area contributed by atoms with E-state index < -0.39 is 0 Å². The third-order valence-corrected chi connectivity index (χ3v) is 4.60. The Morgan fingerprint density at radius 2 is 1.79 bits per heavy atom. The highest BCUT2D eigenvalue weighted by atomic mass is 16.5. The van der Waals surface area contributed by atoms with Gasteiger partial charge in [0.25, 0.3) is 0 Å². The molecular weight excluding hydrogens is 356 g/mol. The first-order valence-electron chi connectivity index (χ1n) is 9.29. The van der Waals surface area contributed by atoms with Gasteiger partial charge >= 0.3 is 0 Å². The first-order chi connectivity index (χ1) is 13.7. The van der Waals surface area contributed by atoms with Crippen molar-refractivity contribution in [2.24, 2.45) is 0 Å². The Labute approximate surface area is 163 Å². The molecule has 1 aromatic heterocycles. The SMILES string of the molecule is CC(=O)Nc1ccc(Cc2nc(-c3ccc(N4CCOCC4)cc3)no2)cc1. The number of anilines is 2. The molecule has 144 valence electrons. The van der Waals surface area contributed by atoms with Gasteiger partial charge in [-0.15, -0.1) is 0 Å². The zero-order chi connectivity index (χ0) is 19.3. The molecule has 1 N–H and O–H groups in total. The van der Waals surface area contributed by atoms with Crippen LogP contribution in [0, 0.1) is 0 Å². The Morgan fingerprint density at radius 3 is 2.46 bits per heavy atom. The Kier molecular flexibility index (Phi) is 5.34. The van der Waals surface area contributed by atoms with Crippen molar-refractivity contribution in [3.63, 3.8) is 0 Å². The average Bonchev–Trinajstić information content (AvgIpc) is 3.18. The van der Waals surface area contributed by atoms with Crippen molar-refractivity contribution >= 4 is 17.3 Å². The molecular formula is C21H22N4O3. The second kappa shape index (κ2) is 8.22. The first-order valence-corrected chi connectivity index (χ1v) is 9.29. The number of rotatable bonds is 5. The number of aromatic nitrogens is 2. The smallest absolute Gasteiger partial charge is 0.231 e. The third kappa shape index (κ3) is 4.37. The molecule has 1 aliphatic rings. The van der Waals surface area contributed by atoms with E-state index in [1.807, 2.05) is 36.4 Å². The van der Waals surface area contributed by atoms with Crippen molar-refractivity contribution < 1.29 is 14.1 Å². The molecule has 1 aliphatic heterocycles. The van der Waals surface area contributed by atoms with E-state index >= 15 is 0 Å². The number of morpholine rings is 1. The summed E-state index contributed by atoms with van der Waals surface area (Å²) in [4.78, 5) is 17.9. The van der Waals surface area contributed by atoms with Crippen molar-refractivity contribution in [3.05, 3.63) is 60.0 Å². The van der Waals surface area contributed by atoms with Gasteiger partial charge in [0.1, 0.15) is 0 Å². The molecule has 1 amide bonds. The third-order valence-electron chi connectivity index (χ3n) is 4.60. The summed E-state index contributed by atoms with van der Waals surface area (Å²) in [6, 6.07) is 15.8. The second-order valence-electron chi connectivity index (χ2n) is 6.71. The second-order valence-corrected chi connectivity index (χ2v) is 6.71. The fraction of sp³-hybridized carbons (Fsp3) is 0.286. The molecule has 3 aromatic rings. The molecule has 1 fully saturated rings. The number of hydrogen-bond acceptors (Lipinski definition) is 6. The Balaban J connectivity index is 1.41. The van der Waals surface area contributed by atoms with Crippen LogP contribution in [0.5, 0.6) is 0 Å². The summed E-state index contributed by atoms with van der Waals surface area (Å²) in [5.41, 5.74) is 3.90. The van der Waals surface area contributed by atoms with Gasteiger partial charge in [0, 0.05) is 37.0 Å². The lowest BCUT2D eigenvalue weighted by atomic mass is 10.1.